The highest BCUT2D eigenvalue weighted by Crippen LogP contribution is 2.33. The third kappa shape index (κ3) is 2.69. The second kappa shape index (κ2) is 4.09. The number of halogens is 4. The lowest BCUT2D eigenvalue weighted by atomic mass is 10.1. The molecule has 0 aliphatic carbocycles. The van der Waals surface area contributed by atoms with Crippen LogP contribution >= 0.6 is 11.6 Å². The fourth-order valence-corrected chi connectivity index (χ4v) is 1.20. The Hall–Kier alpha value is -1.63. The van der Waals surface area contributed by atoms with E-state index in [0.717, 1.165) is 12.1 Å². The van der Waals surface area contributed by atoms with Crippen molar-refractivity contribution < 1.29 is 22.7 Å². The first-order chi connectivity index (χ1) is 7.22. The number of rotatable bonds is 2. The van der Waals surface area contributed by atoms with E-state index in [1.165, 1.54) is 0 Å². The molecule has 0 aromatic heterocycles. The average molecular weight is 255 g/mol. The highest BCUT2D eigenvalue weighted by atomic mass is 35.5. The molecule has 0 bridgehead atoms. The Kier molecular flexibility index (Phi) is 3.18. The van der Waals surface area contributed by atoms with Gasteiger partial charge in [-0.3, -0.25) is 4.79 Å². The molecular weight excluding hydrogens is 249 g/mol. The normalized spacial score (nSPS) is 11.2. The van der Waals surface area contributed by atoms with E-state index in [4.69, 9.17) is 23.1 Å². The number of primary amides is 1. The summed E-state index contributed by atoms with van der Waals surface area (Å²) in [7, 11) is 0. The molecule has 0 atom stereocenters. The van der Waals surface area contributed by atoms with Crippen LogP contribution in [-0.4, -0.2) is 12.3 Å². The fraction of sp³-hybridized carbons (Fsp3) is 0.125. The lowest BCUT2D eigenvalue weighted by molar-refractivity contribution is -0.274. The first kappa shape index (κ1) is 12.4. The monoisotopic (exact) mass is 254 g/mol. The second-order valence-corrected chi connectivity index (χ2v) is 3.15. The van der Waals surface area contributed by atoms with Crippen LogP contribution in [0.2, 0.25) is 5.02 Å². The highest BCUT2D eigenvalue weighted by molar-refractivity contribution is 6.34. The number of hydrogen-bond donors (Lipinski definition) is 2. The van der Waals surface area contributed by atoms with Crippen molar-refractivity contribution in [2.75, 3.05) is 5.73 Å². The van der Waals surface area contributed by atoms with Crippen LogP contribution in [0.15, 0.2) is 12.1 Å². The topological polar surface area (TPSA) is 78.3 Å². The van der Waals surface area contributed by atoms with E-state index in [-0.39, 0.29) is 10.7 Å². The quantitative estimate of drug-likeness (QED) is 0.792. The van der Waals surface area contributed by atoms with Crippen molar-refractivity contribution in [1.29, 1.82) is 0 Å². The number of benzene rings is 1. The number of nitrogens with two attached hydrogens (primary N) is 2. The molecular formula is C8H6ClF3N2O2. The van der Waals surface area contributed by atoms with Gasteiger partial charge < -0.3 is 16.2 Å². The van der Waals surface area contributed by atoms with E-state index in [9.17, 15) is 18.0 Å². The highest BCUT2D eigenvalue weighted by Gasteiger charge is 2.33. The molecule has 0 saturated heterocycles. The van der Waals surface area contributed by atoms with Gasteiger partial charge in [0, 0.05) is 0 Å². The van der Waals surface area contributed by atoms with E-state index in [1.54, 1.807) is 0 Å². The molecule has 0 heterocycles. The van der Waals surface area contributed by atoms with E-state index in [0.29, 0.717) is 0 Å². The summed E-state index contributed by atoms with van der Waals surface area (Å²) in [4.78, 5) is 10.9. The maximum Gasteiger partial charge on any atom is 0.573 e. The fourth-order valence-electron chi connectivity index (χ4n) is 1.04. The van der Waals surface area contributed by atoms with E-state index >= 15 is 0 Å². The molecule has 8 heteroatoms. The van der Waals surface area contributed by atoms with Crippen LogP contribution in [-0.2, 0) is 0 Å². The van der Waals surface area contributed by atoms with Gasteiger partial charge in [0.15, 0.2) is 0 Å². The number of nitrogen functional groups attached to an aromatic ring is 1. The molecule has 0 aliphatic rings. The van der Waals surface area contributed by atoms with Crippen molar-refractivity contribution in [2.24, 2.45) is 5.73 Å². The Bertz CT molecular complexity index is 434. The Balaban J connectivity index is 3.29. The van der Waals surface area contributed by atoms with Gasteiger partial charge in [-0.25, -0.2) is 0 Å². The number of anilines is 1. The van der Waals surface area contributed by atoms with Crippen molar-refractivity contribution in [1.82, 2.24) is 0 Å². The van der Waals surface area contributed by atoms with Gasteiger partial charge in [-0.05, 0) is 12.1 Å². The predicted molar refractivity (Wildman–Crippen MR) is 51.1 cm³/mol. The standard InChI is InChI=1S/C8H6ClF3N2O2/c9-3-1-2-4(16-8(10,11)12)5(6(3)13)7(14)15/h1-2H,13H2,(H2,14,15). The molecule has 0 saturated carbocycles. The zero-order valence-corrected chi connectivity index (χ0v) is 8.39. The van der Waals surface area contributed by atoms with Gasteiger partial charge in [0.25, 0.3) is 5.91 Å². The van der Waals surface area contributed by atoms with Gasteiger partial charge in [-0.15, -0.1) is 13.2 Å². The minimum Gasteiger partial charge on any atom is -0.405 e. The first-order valence-electron chi connectivity index (χ1n) is 3.86. The summed E-state index contributed by atoms with van der Waals surface area (Å²) in [5, 5.41) is -0.0803. The number of carbonyl (C=O) groups excluding carboxylic acids is 1. The van der Waals surface area contributed by atoms with Gasteiger partial charge in [0.2, 0.25) is 0 Å². The van der Waals surface area contributed by atoms with Gasteiger partial charge in [0.05, 0.1) is 10.7 Å². The lowest BCUT2D eigenvalue weighted by Crippen LogP contribution is -2.22. The third-order valence-corrected chi connectivity index (χ3v) is 1.96. The number of amides is 1. The maximum atomic E-state index is 12.0. The molecule has 1 amide bonds. The largest absolute Gasteiger partial charge is 0.573 e. The van der Waals surface area contributed by atoms with Crippen molar-refractivity contribution in [3.8, 4) is 5.75 Å². The van der Waals surface area contributed by atoms with Crippen LogP contribution in [0.3, 0.4) is 0 Å². The summed E-state index contributed by atoms with van der Waals surface area (Å²) < 4.78 is 39.5. The SMILES string of the molecule is NC(=O)c1c(OC(F)(F)F)ccc(Cl)c1N. The van der Waals surface area contributed by atoms with E-state index in [2.05, 4.69) is 4.74 Å². The molecule has 0 spiro atoms. The van der Waals surface area contributed by atoms with Crippen LogP contribution in [0.1, 0.15) is 10.4 Å². The van der Waals surface area contributed by atoms with E-state index in [1.807, 2.05) is 0 Å². The Labute approximate surface area is 92.9 Å². The van der Waals surface area contributed by atoms with Gasteiger partial charge in [-0.1, -0.05) is 11.6 Å². The van der Waals surface area contributed by atoms with Gasteiger partial charge >= 0.3 is 6.36 Å². The molecule has 16 heavy (non-hydrogen) atoms. The molecule has 88 valence electrons. The summed E-state index contributed by atoms with van der Waals surface area (Å²) in [5.74, 6) is -1.93. The third-order valence-electron chi connectivity index (χ3n) is 1.63. The van der Waals surface area contributed by atoms with Crippen molar-refractivity contribution in [3.63, 3.8) is 0 Å². The van der Waals surface area contributed by atoms with Crippen molar-refractivity contribution in [2.45, 2.75) is 6.36 Å². The summed E-state index contributed by atoms with van der Waals surface area (Å²) in [6.45, 7) is 0. The van der Waals surface area contributed by atoms with Crippen LogP contribution in [0.5, 0.6) is 5.75 Å². The molecule has 1 aromatic rings. The Morgan fingerprint density at radius 1 is 1.38 bits per heavy atom. The van der Waals surface area contributed by atoms with Gasteiger partial charge in [0.1, 0.15) is 11.3 Å². The molecule has 4 N–H and O–H groups in total. The molecule has 1 aromatic carbocycles. The van der Waals surface area contributed by atoms with Crippen LogP contribution in [0.25, 0.3) is 0 Å². The minimum atomic E-state index is -4.94. The molecule has 4 nitrogen and oxygen atoms in total. The zero-order valence-electron chi connectivity index (χ0n) is 7.64. The van der Waals surface area contributed by atoms with Crippen LogP contribution < -0.4 is 16.2 Å². The predicted octanol–water partition coefficient (Wildman–Crippen LogP) is 1.92. The lowest BCUT2D eigenvalue weighted by Gasteiger charge is -2.13. The molecule has 0 unspecified atom stereocenters. The molecule has 1 rings (SSSR count). The first-order valence-corrected chi connectivity index (χ1v) is 4.23. The number of hydrogen-bond acceptors (Lipinski definition) is 3. The van der Waals surface area contributed by atoms with Crippen LogP contribution in [0, 0.1) is 0 Å². The smallest absolute Gasteiger partial charge is 0.405 e. The summed E-state index contributed by atoms with van der Waals surface area (Å²) in [5.41, 5.74) is 9.26. The molecule has 0 radical (unpaired) electrons. The number of carbonyl (C=O) groups is 1. The number of ether oxygens (including phenoxy) is 1. The molecule has 0 fully saturated rings. The Morgan fingerprint density at radius 2 is 1.94 bits per heavy atom. The summed E-state index contributed by atoms with van der Waals surface area (Å²) >= 11 is 5.53. The van der Waals surface area contributed by atoms with Crippen molar-refractivity contribution in [3.05, 3.63) is 22.7 Å². The second-order valence-electron chi connectivity index (χ2n) is 2.75. The summed E-state index contributed by atoms with van der Waals surface area (Å²) in [6, 6.07) is 1.94. The number of alkyl halides is 3. The minimum absolute atomic E-state index is 0.0803. The Morgan fingerprint density at radius 3 is 2.38 bits per heavy atom. The maximum absolute atomic E-state index is 12.0. The zero-order chi connectivity index (χ0) is 12.5. The van der Waals surface area contributed by atoms with Crippen molar-refractivity contribution >= 4 is 23.2 Å². The van der Waals surface area contributed by atoms with Gasteiger partial charge in [-0.2, -0.15) is 0 Å². The van der Waals surface area contributed by atoms with E-state index < -0.39 is 23.6 Å². The van der Waals surface area contributed by atoms with Crippen LogP contribution in [0.4, 0.5) is 18.9 Å². The summed E-state index contributed by atoms with van der Waals surface area (Å²) in [6.07, 6.45) is -4.94. The average Bonchev–Trinajstić information content (AvgIpc) is 2.08. The molecule has 0 aliphatic heterocycles.